The highest BCUT2D eigenvalue weighted by atomic mass is 16.6. The molecule has 6 rings (SSSR count). The Morgan fingerprint density at radius 1 is 1.04 bits per heavy atom. The van der Waals surface area contributed by atoms with Crippen molar-refractivity contribution in [2.24, 2.45) is 50.2 Å². The number of rotatable bonds is 2. The fourth-order valence-corrected chi connectivity index (χ4v) is 11.7. The van der Waals surface area contributed by atoms with Crippen LogP contribution in [-0.2, 0) is 14.3 Å². The molecule has 6 aliphatic rings. The van der Waals surface area contributed by atoms with Crippen LogP contribution in [0.15, 0.2) is 23.3 Å². The van der Waals surface area contributed by atoms with E-state index in [1.807, 2.05) is 32.9 Å². The minimum absolute atomic E-state index is 0.0507. The molecule has 0 bridgehead atoms. The number of ketones is 1. The first-order valence-corrected chi connectivity index (χ1v) is 17.9. The molecular formula is C39H57N3O5. The van der Waals surface area contributed by atoms with Gasteiger partial charge in [0.1, 0.15) is 5.60 Å². The van der Waals surface area contributed by atoms with E-state index < -0.39 is 28.6 Å². The molecule has 0 aromatic carbocycles. The van der Waals surface area contributed by atoms with E-state index in [1.54, 1.807) is 5.01 Å². The van der Waals surface area contributed by atoms with Gasteiger partial charge < -0.3 is 9.84 Å². The summed E-state index contributed by atoms with van der Waals surface area (Å²) in [4.78, 5) is 41.6. The number of aliphatic hydroxyl groups is 1. The maximum absolute atomic E-state index is 14.9. The lowest BCUT2D eigenvalue weighted by Crippen LogP contribution is -2.66. The van der Waals surface area contributed by atoms with E-state index in [9.17, 15) is 24.8 Å². The SMILES string of the molecule is CC1(C)CC[C@]2(CN3C(=O)CCN3C(=O)OC(C)(C)C)CC[C@]3(C)[C@H](C(=O)C=C4[C@@]5(C)C=C(C#N)C(O)C(C)(C)C5CC[C@]43C)C2C1. The number of allylic oxidation sites excluding steroid dienone is 3. The Labute approximate surface area is 281 Å². The third kappa shape index (κ3) is 4.87. The van der Waals surface area contributed by atoms with Crippen molar-refractivity contribution < 1.29 is 24.2 Å². The number of fused-ring (bicyclic) bond motifs is 7. The topological polar surface area (TPSA) is 111 Å². The summed E-state index contributed by atoms with van der Waals surface area (Å²) in [5.41, 5.74) is -0.981. The zero-order valence-electron chi connectivity index (χ0n) is 30.5. The molecule has 0 radical (unpaired) electrons. The second-order valence-electron chi connectivity index (χ2n) is 19.1. The summed E-state index contributed by atoms with van der Waals surface area (Å²) >= 11 is 0. The van der Waals surface area contributed by atoms with Gasteiger partial charge in [0, 0.05) is 24.3 Å². The Bertz CT molecular complexity index is 1500. The highest BCUT2D eigenvalue weighted by molar-refractivity contribution is 5.95. The number of hydrogen-bond acceptors (Lipinski definition) is 6. The van der Waals surface area contributed by atoms with Gasteiger partial charge in [-0.15, -0.1) is 0 Å². The highest BCUT2D eigenvalue weighted by Crippen LogP contribution is 2.74. The summed E-state index contributed by atoms with van der Waals surface area (Å²) in [6.45, 7) is 21.9. The van der Waals surface area contributed by atoms with Crippen LogP contribution < -0.4 is 0 Å². The zero-order chi connectivity index (χ0) is 34.8. The molecule has 3 saturated carbocycles. The van der Waals surface area contributed by atoms with E-state index in [2.05, 4.69) is 54.5 Å². The van der Waals surface area contributed by atoms with Crippen LogP contribution in [-0.4, -0.2) is 57.7 Å². The summed E-state index contributed by atoms with van der Waals surface area (Å²) in [6.07, 6.45) is 9.29. The Kier molecular flexibility index (Phi) is 7.59. The number of nitrogens with zero attached hydrogens (tertiary/aromatic N) is 3. The molecule has 1 aliphatic heterocycles. The molecule has 0 aromatic heterocycles. The molecule has 8 heteroatoms. The molecule has 1 N–H and O–H groups in total. The number of ether oxygens (including phenoxy) is 1. The van der Waals surface area contributed by atoms with Crippen LogP contribution in [0.4, 0.5) is 4.79 Å². The van der Waals surface area contributed by atoms with Crippen LogP contribution in [0.2, 0.25) is 0 Å². The molecular weight excluding hydrogens is 590 g/mol. The number of carbonyl (C=O) groups excluding carboxylic acids is 3. The maximum Gasteiger partial charge on any atom is 0.429 e. The molecule has 47 heavy (non-hydrogen) atoms. The van der Waals surface area contributed by atoms with E-state index >= 15 is 0 Å². The van der Waals surface area contributed by atoms with Crippen molar-refractivity contribution in [3.8, 4) is 6.07 Å². The van der Waals surface area contributed by atoms with Gasteiger partial charge in [-0.2, -0.15) is 5.26 Å². The zero-order valence-corrected chi connectivity index (χ0v) is 30.5. The first-order chi connectivity index (χ1) is 21.6. The standard InChI is InChI=1S/C39H57N3O5/c1-33(2,3)47-32(46)41-18-12-29(44)42(41)23-39-16-14-34(4,5)21-25(39)30-26(43)19-28-36(8)20-24(22-40)31(45)35(6,7)27(36)11-13-37(28,9)38(30,10)15-17-39/h19-20,25,27,30-31,45H,11-18,21,23H2,1-10H3/t25?,27?,30-,31?,36-,37+,38+,39+/m0/s1. The van der Waals surface area contributed by atoms with Gasteiger partial charge in [0.25, 0.3) is 0 Å². The lowest BCUT2D eigenvalue weighted by atomic mass is 9.34. The number of hydrogen-bond donors (Lipinski definition) is 1. The van der Waals surface area contributed by atoms with Crippen molar-refractivity contribution in [1.29, 1.82) is 5.26 Å². The minimum Gasteiger partial charge on any atom is -0.442 e. The van der Waals surface area contributed by atoms with E-state index in [-0.39, 0.29) is 57.5 Å². The van der Waals surface area contributed by atoms with Gasteiger partial charge >= 0.3 is 6.09 Å². The number of nitriles is 1. The molecule has 0 spiro atoms. The molecule has 1 saturated heterocycles. The van der Waals surface area contributed by atoms with Crippen LogP contribution >= 0.6 is 0 Å². The van der Waals surface area contributed by atoms with E-state index in [4.69, 9.17) is 4.74 Å². The van der Waals surface area contributed by atoms with E-state index in [1.165, 1.54) is 5.01 Å². The molecule has 2 amide bonds. The normalized spacial score (nSPS) is 42.3. The fourth-order valence-electron chi connectivity index (χ4n) is 11.7. The Morgan fingerprint density at radius 2 is 1.70 bits per heavy atom. The van der Waals surface area contributed by atoms with Gasteiger partial charge in [0.15, 0.2) is 5.78 Å². The summed E-state index contributed by atoms with van der Waals surface area (Å²) in [5.74, 6) is 0.0620. The Balaban J connectivity index is 1.43. The van der Waals surface area contributed by atoms with E-state index in [0.29, 0.717) is 18.7 Å². The minimum atomic E-state index is -0.827. The van der Waals surface area contributed by atoms with Crippen molar-refractivity contribution in [3.63, 3.8) is 0 Å². The van der Waals surface area contributed by atoms with Gasteiger partial charge in [-0.25, -0.2) is 14.8 Å². The van der Waals surface area contributed by atoms with Crippen LogP contribution in [0.5, 0.6) is 0 Å². The molecule has 258 valence electrons. The molecule has 8 atom stereocenters. The summed E-state index contributed by atoms with van der Waals surface area (Å²) in [6, 6.07) is 2.30. The first-order valence-electron chi connectivity index (χ1n) is 17.9. The molecule has 0 aromatic rings. The highest BCUT2D eigenvalue weighted by Gasteiger charge is 2.70. The van der Waals surface area contributed by atoms with Crippen molar-refractivity contribution >= 4 is 17.8 Å². The van der Waals surface area contributed by atoms with Crippen molar-refractivity contribution in [2.45, 2.75) is 132 Å². The maximum atomic E-state index is 14.9. The van der Waals surface area contributed by atoms with Gasteiger partial charge in [-0.05, 0) is 111 Å². The van der Waals surface area contributed by atoms with Crippen LogP contribution in [0.1, 0.15) is 121 Å². The third-order valence-electron chi connectivity index (χ3n) is 14.4. The number of aliphatic hydroxyl groups excluding tert-OH is 1. The molecule has 3 unspecified atom stereocenters. The smallest absolute Gasteiger partial charge is 0.429 e. The number of carbonyl (C=O) groups is 3. The average Bonchev–Trinajstić information content (AvgIpc) is 3.31. The molecule has 5 aliphatic carbocycles. The number of hydrazine groups is 1. The summed E-state index contributed by atoms with van der Waals surface area (Å²) < 4.78 is 5.73. The Morgan fingerprint density at radius 3 is 2.34 bits per heavy atom. The summed E-state index contributed by atoms with van der Waals surface area (Å²) in [5, 5.41) is 24.5. The Hall–Kier alpha value is -2.66. The predicted molar refractivity (Wildman–Crippen MR) is 179 cm³/mol. The monoisotopic (exact) mass is 647 g/mol. The molecule has 4 fully saturated rings. The third-order valence-corrected chi connectivity index (χ3v) is 14.4. The fraction of sp³-hybridized carbons (Fsp3) is 0.795. The largest absolute Gasteiger partial charge is 0.442 e. The molecule has 1 heterocycles. The van der Waals surface area contributed by atoms with Crippen LogP contribution in [0.3, 0.4) is 0 Å². The average molecular weight is 648 g/mol. The van der Waals surface area contributed by atoms with Crippen molar-refractivity contribution in [1.82, 2.24) is 10.0 Å². The van der Waals surface area contributed by atoms with Gasteiger partial charge in [-0.1, -0.05) is 60.1 Å². The lowest BCUT2D eigenvalue weighted by molar-refractivity contribution is -0.183. The predicted octanol–water partition coefficient (Wildman–Crippen LogP) is 7.38. The quantitative estimate of drug-likeness (QED) is 0.335. The van der Waals surface area contributed by atoms with Crippen LogP contribution in [0, 0.1) is 61.6 Å². The second kappa shape index (κ2) is 10.4. The number of amides is 2. The lowest BCUT2D eigenvalue weighted by Gasteiger charge is -2.70. The van der Waals surface area contributed by atoms with Gasteiger partial charge in [0.05, 0.1) is 24.3 Å². The summed E-state index contributed by atoms with van der Waals surface area (Å²) in [7, 11) is 0. The van der Waals surface area contributed by atoms with Crippen molar-refractivity contribution in [2.75, 3.05) is 13.1 Å². The van der Waals surface area contributed by atoms with Crippen LogP contribution in [0.25, 0.3) is 0 Å². The van der Waals surface area contributed by atoms with Crippen molar-refractivity contribution in [3.05, 3.63) is 23.3 Å². The second-order valence-corrected chi connectivity index (χ2v) is 19.1. The van der Waals surface area contributed by atoms with Gasteiger partial charge in [0.2, 0.25) is 5.91 Å². The van der Waals surface area contributed by atoms with Gasteiger partial charge in [-0.3, -0.25) is 9.59 Å². The molecule has 8 nitrogen and oxygen atoms in total. The van der Waals surface area contributed by atoms with E-state index in [0.717, 1.165) is 50.5 Å². The first kappa shape index (κ1) is 34.2.